The maximum atomic E-state index is 2.34. The second-order valence-corrected chi connectivity index (χ2v) is 10.4. The fourth-order valence-electron chi connectivity index (χ4n) is 3.05. The summed E-state index contributed by atoms with van der Waals surface area (Å²) in [5.41, 5.74) is 3.84. The summed E-state index contributed by atoms with van der Waals surface area (Å²) in [5, 5.41) is 5.56. The van der Waals surface area contributed by atoms with Gasteiger partial charge in [0.05, 0.1) is 19.0 Å². The summed E-state index contributed by atoms with van der Waals surface area (Å²) in [4.78, 5) is 1.32. The van der Waals surface area contributed by atoms with Gasteiger partial charge in [0.2, 0.25) is 0 Å². The summed E-state index contributed by atoms with van der Waals surface area (Å²) in [6, 6.07) is 25.8. The van der Waals surface area contributed by atoms with E-state index in [4.69, 9.17) is 0 Å². The van der Waals surface area contributed by atoms with Gasteiger partial charge < -0.3 is 4.40 Å². The number of aromatic nitrogens is 1. The highest BCUT2D eigenvalue weighted by Crippen LogP contribution is 2.48. The zero-order chi connectivity index (χ0) is 18.1. The number of rotatable bonds is 5. The minimum absolute atomic E-state index is 1.26. The Morgan fingerprint density at radius 2 is 1.37 bits per heavy atom. The Hall–Kier alpha value is -1.92. The number of nitrogens with zero attached hydrogens (tertiary/aromatic N) is 1. The minimum atomic E-state index is 1.26. The molecule has 0 amide bonds. The summed E-state index contributed by atoms with van der Waals surface area (Å²) in [5.74, 6) is 0. The third-order valence-electron chi connectivity index (χ3n) is 4.20. The van der Waals surface area contributed by atoms with Gasteiger partial charge in [-0.05, 0) is 40.6 Å². The van der Waals surface area contributed by atoms with Crippen molar-refractivity contribution in [2.24, 2.45) is 0 Å². The van der Waals surface area contributed by atoms with Crippen LogP contribution in [-0.4, -0.2) is 4.40 Å². The maximum absolute atomic E-state index is 2.34. The molecule has 5 rings (SSSR count). The van der Waals surface area contributed by atoms with Crippen molar-refractivity contribution in [2.75, 3.05) is 0 Å². The molecule has 4 aromatic heterocycles. The second kappa shape index (κ2) is 7.60. The maximum Gasteiger partial charge on any atom is 0.0942 e. The predicted octanol–water partition coefficient (Wildman–Crippen LogP) is 8.03. The van der Waals surface area contributed by atoms with Crippen molar-refractivity contribution in [1.82, 2.24) is 4.40 Å². The Labute approximate surface area is 174 Å². The minimum Gasteiger partial charge on any atom is -0.310 e. The Kier molecular flexibility index (Phi) is 4.84. The van der Waals surface area contributed by atoms with Crippen LogP contribution in [-0.2, 0) is 0 Å². The third kappa shape index (κ3) is 3.36. The lowest BCUT2D eigenvalue weighted by atomic mass is 10.1. The van der Waals surface area contributed by atoms with Crippen LogP contribution < -0.4 is 0 Å². The molecule has 132 valence electrons. The normalized spacial score (nSPS) is 11.3. The van der Waals surface area contributed by atoms with Gasteiger partial charge in [-0.15, -0.1) is 22.7 Å². The van der Waals surface area contributed by atoms with E-state index in [1.165, 1.54) is 35.0 Å². The van der Waals surface area contributed by atoms with E-state index in [9.17, 15) is 0 Å². The molecule has 0 saturated heterocycles. The van der Waals surface area contributed by atoms with Gasteiger partial charge in [0.15, 0.2) is 0 Å². The van der Waals surface area contributed by atoms with E-state index in [1.807, 2.05) is 23.5 Å². The van der Waals surface area contributed by atoms with Gasteiger partial charge in [-0.2, -0.15) is 0 Å². The van der Waals surface area contributed by atoms with Crippen molar-refractivity contribution in [2.45, 2.75) is 18.3 Å². The van der Waals surface area contributed by atoms with Crippen molar-refractivity contribution in [3.05, 3.63) is 89.8 Å². The van der Waals surface area contributed by atoms with Gasteiger partial charge in [-0.25, -0.2) is 0 Å². The van der Waals surface area contributed by atoms with E-state index in [-0.39, 0.29) is 0 Å². The molecule has 0 unspecified atom stereocenters. The molecule has 0 aliphatic heterocycles. The topological polar surface area (TPSA) is 4.41 Å². The molecule has 5 aromatic rings. The summed E-state index contributed by atoms with van der Waals surface area (Å²) >= 11 is 7.30. The van der Waals surface area contributed by atoms with Crippen molar-refractivity contribution in [1.29, 1.82) is 0 Å². The number of thiophene rings is 2. The van der Waals surface area contributed by atoms with E-state index in [1.54, 1.807) is 22.7 Å². The molecule has 0 N–H and O–H groups in total. The van der Waals surface area contributed by atoms with Crippen LogP contribution >= 0.6 is 46.2 Å². The zero-order valence-electron chi connectivity index (χ0n) is 14.2. The molecule has 0 fully saturated rings. The first-order valence-electron chi connectivity index (χ1n) is 8.51. The molecule has 1 nitrogen and oxygen atoms in total. The number of pyridine rings is 1. The highest BCUT2D eigenvalue weighted by molar-refractivity contribution is 8.02. The zero-order valence-corrected chi connectivity index (χ0v) is 17.5. The average molecular weight is 422 g/mol. The Bertz CT molecular complexity index is 1080. The van der Waals surface area contributed by atoms with Crippen LogP contribution in [0, 0.1) is 0 Å². The van der Waals surface area contributed by atoms with E-state index < -0.39 is 0 Å². The molecule has 0 spiro atoms. The SMILES string of the molecule is c1ccc(-c2c(Sc3cccs3)c3ccccn3c2Sc2cccs2)cc1. The smallest absolute Gasteiger partial charge is 0.0942 e. The van der Waals surface area contributed by atoms with E-state index >= 15 is 0 Å². The number of hydrogen-bond donors (Lipinski definition) is 0. The molecule has 5 heteroatoms. The molecule has 0 aliphatic carbocycles. The van der Waals surface area contributed by atoms with Gasteiger partial charge >= 0.3 is 0 Å². The Morgan fingerprint density at radius 3 is 2.07 bits per heavy atom. The lowest BCUT2D eigenvalue weighted by molar-refractivity contribution is 1.05. The van der Waals surface area contributed by atoms with Crippen LogP contribution in [0.5, 0.6) is 0 Å². The highest BCUT2D eigenvalue weighted by Gasteiger charge is 2.21. The predicted molar refractivity (Wildman–Crippen MR) is 120 cm³/mol. The Morgan fingerprint density at radius 1 is 0.667 bits per heavy atom. The van der Waals surface area contributed by atoms with Crippen molar-refractivity contribution in [3.63, 3.8) is 0 Å². The molecule has 0 bridgehead atoms. The van der Waals surface area contributed by atoms with Gasteiger partial charge in [-0.3, -0.25) is 0 Å². The van der Waals surface area contributed by atoms with E-state index in [0.717, 1.165) is 0 Å². The van der Waals surface area contributed by atoms with Crippen molar-refractivity contribution in [3.8, 4) is 11.1 Å². The number of fused-ring (bicyclic) bond motifs is 1. The lowest BCUT2D eigenvalue weighted by Gasteiger charge is -2.07. The largest absolute Gasteiger partial charge is 0.310 e. The fraction of sp³-hybridized carbons (Fsp3) is 0. The second-order valence-electron chi connectivity index (χ2n) is 5.90. The van der Waals surface area contributed by atoms with Crippen LogP contribution in [0.1, 0.15) is 0 Å². The highest BCUT2D eigenvalue weighted by atomic mass is 32.2. The van der Waals surface area contributed by atoms with E-state index in [2.05, 4.69) is 94.2 Å². The van der Waals surface area contributed by atoms with Gasteiger partial charge in [0.25, 0.3) is 0 Å². The Balaban J connectivity index is 1.78. The summed E-state index contributed by atoms with van der Waals surface area (Å²) in [6.45, 7) is 0. The fourth-order valence-corrected chi connectivity index (χ4v) is 7.07. The first-order valence-corrected chi connectivity index (χ1v) is 11.9. The summed E-state index contributed by atoms with van der Waals surface area (Å²) in [7, 11) is 0. The molecule has 4 heterocycles. The summed E-state index contributed by atoms with van der Waals surface area (Å²) < 4.78 is 4.96. The molecule has 0 atom stereocenters. The first-order chi connectivity index (χ1) is 13.4. The summed E-state index contributed by atoms with van der Waals surface area (Å²) in [6.07, 6.45) is 2.18. The van der Waals surface area contributed by atoms with Crippen LogP contribution in [0.2, 0.25) is 0 Å². The van der Waals surface area contributed by atoms with Gasteiger partial charge in [-0.1, -0.05) is 72.1 Å². The van der Waals surface area contributed by atoms with Gasteiger partial charge in [0, 0.05) is 16.7 Å². The average Bonchev–Trinajstić information content (AvgIpc) is 3.46. The van der Waals surface area contributed by atoms with Crippen LogP contribution in [0.3, 0.4) is 0 Å². The molecular formula is C22H15NS4. The van der Waals surface area contributed by atoms with Crippen molar-refractivity contribution >= 4 is 51.7 Å². The van der Waals surface area contributed by atoms with Crippen LogP contribution in [0.25, 0.3) is 16.6 Å². The molecular weight excluding hydrogens is 407 g/mol. The number of hydrogen-bond acceptors (Lipinski definition) is 4. The quantitative estimate of drug-likeness (QED) is 0.283. The first kappa shape index (κ1) is 17.2. The number of benzene rings is 1. The molecule has 1 aromatic carbocycles. The van der Waals surface area contributed by atoms with Crippen molar-refractivity contribution < 1.29 is 0 Å². The lowest BCUT2D eigenvalue weighted by Crippen LogP contribution is -1.85. The molecule has 0 radical (unpaired) electrons. The van der Waals surface area contributed by atoms with Gasteiger partial charge in [0.1, 0.15) is 0 Å². The third-order valence-corrected chi connectivity index (χ3v) is 8.49. The standard InChI is InChI=1S/C22H15NS4/c1-2-8-16(9-3-1)20-21(26-18-11-6-14-24-18)17-10-4-5-13-23(17)22(20)27-19-12-7-15-25-19/h1-15H. The van der Waals surface area contributed by atoms with Crippen LogP contribution in [0.15, 0.2) is 108 Å². The van der Waals surface area contributed by atoms with Crippen LogP contribution in [0.4, 0.5) is 0 Å². The molecule has 0 saturated carbocycles. The molecule has 0 aliphatic rings. The van der Waals surface area contributed by atoms with E-state index in [0.29, 0.717) is 0 Å². The monoisotopic (exact) mass is 421 g/mol. The molecule has 27 heavy (non-hydrogen) atoms.